The Morgan fingerprint density at radius 3 is 2.62 bits per heavy atom. The van der Waals surface area contributed by atoms with Crippen LogP contribution in [0.5, 0.6) is 0 Å². The number of aromatic nitrogens is 5. The van der Waals surface area contributed by atoms with Crippen molar-refractivity contribution in [1.82, 2.24) is 30.0 Å². The van der Waals surface area contributed by atoms with E-state index in [1.807, 2.05) is 27.8 Å². The van der Waals surface area contributed by atoms with Gasteiger partial charge in [-0.2, -0.15) is 10.1 Å². The Morgan fingerprint density at radius 1 is 1.38 bits per heavy atom. The van der Waals surface area contributed by atoms with Crippen LogP contribution in [0.4, 0.5) is 0 Å². The smallest absolute Gasteiger partial charge is 0.345 e. The summed E-state index contributed by atoms with van der Waals surface area (Å²) >= 11 is 0. The van der Waals surface area contributed by atoms with Crippen molar-refractivity contribution in [2.45, 2.75) is 46.6 Å². The second-order valence-corrected chi connectivity index (χ2v) is 6.26. The summed E-state index contributed by atoms with van der Waals surface area (Å²) in [6.07, 6.45) is 2.32. The molecule has 8 nitrogen and oxygen atoms in total. The first-order valence-corrected chi connectivity index (χ1v) is 7.99. The Hall–Kier alpha value is -2.51. The van der Waals surface area contributed by atoms with Crippen molar-refractivity contribution >= 4 is 5.91 Å². The van der Waals surface area contributed by atoms with Crippen LogP contribution in [0.25, 0.3) is 0 Å². The van der Waals surface area contributed by atoms with Gasteiger partial charge in [-0.1, -0.05) is 13.8 Å². The third kappa shape index (κ3) is 4.06. The summed E-state index contributed by atoms with van der Waals surface area (Å²) in [5.41, 5.74) is 1.97. The lowest BCUT2D eigenvalue weighted by Crippen LogP contribution is -2.33. The monoisotopic (exact) mass is 332 g/mol. The zero-order valence-corrected chi connectivity index (χ0v) is 14.8. The van der Waals surface area contributed by atoms with Crippen LogP contribution in [-0.2, 0) is 18.3 Å². The van der Waals surface area contributed by atoms with Crippen LogP contribution in [0.15, 0.2) is 11.1 Å². The predicted molar refractivity (Wildman–Crippen MR) is 89.4 cm³/mol. The van der Waals surface area contributed by atoms with Crippen molar-refractivity contribution in [3.63, 3.8) is 0 Å². The van der Waals surface area contributed by atoms with E-state index in [1.54, 1.807) is 11.6 Å². The molecule has 0 aliphatic rings. The van der Waals surface area contributed by atoms with Gasteiger partial charge >= 0.3 is 5.69 Å². The fourth-order valence-corrected chi connectivity index (χ4v) is 2.72. The fourth-order valence-electron chi connectivity index (χ4n) is 2.72. The predicted octanol–water partition coefficient (Wildman–Crippen LogP) is 0.961. The van der Waals surface area contributed by atoms with Crippen LogP contribution < -0.4 is 11.0 Å². The number of nitrogens with one attached hydrogen (secondary N) is 2. The number of H-pyrrole nitrogens is 1. The van der Waals surface area contributed by atoms with E-state index < -0.39 is 0 Å². The highest BCUT2D eigenvalue weighted by Gasteiger charge is 2.22. The van der Waals surface area contributed by atoms with Crippen molar-refractivity contribution in [2.24, 2.45) is 13.0 Å². The minimum atomic E-state index is -0.361. The first kappa shape index (κ1) is 17.8. The quantitative estimate of drug-likeness (QED) is 0.819. The second kappa shape index (κ2) is 7.37. The van der Waals surface area contributed by atoms with E-state index in [0.717, 1.165) is 17.1 Å². The number of carbonyl (C=O) groups is 1. The maximum absolute atomic E-state index is 12.4. The Balaban J connectivity index is 2.05. The van der Waals surface area contributed by atoms with Gasteiger partial charge in [-0.3, -0.25) is 9.48 Å². The molecule has 1 amide bonds. The molecule has 8 heteroatoms. The van der Waals surface area contributed by atoms with E-state index in [2.05, 4.69) is 25.4 Å². The van der Waals surface area contributed by atoms with Gasteiger partial charge in [-0.05, 0) is 31.7 Å². The first-order chi connectivity index (χ1) is 11.3. The number of hydrogen-bond acceptors (Lipinski definition) is 5. The highest BCUT2D eigenvalue weighted by atomic mass is 16.1. The molecule has 2 N–H and O–H groups in total. The molecular weight excluding hydrogens is 308 g/mol. The summed E-state index contributed by atoms with van der Waals surface area (Å²) in [6.45, 7) is 7.66. The Kier molecular flexibility index (Phi) is 5.48. The second-order valence-electron chi connectivity index (χ2n) is 6.26. The zero-order valence-electron chi connectivity index (χ0n) is 14.8. The highest BCUT2D eigenvalue weighted by molar-refractivity contribution is 5.76. The summed E-state index contributed by atoms with van der Waals surface area (Å²) < 4.78 is 1.67. The first-order valence-electron chi connectivity index (χ1n) is 7.99. The molecule has 1 atom stereocenters. The number of hydrogen-bond donors (Lipinski definition) is 2. The van der Waals surface area contributed by atoms with Crippen LogP contribution in [0, 0.1) is 19.8 Å². The summed E-state index contributed by atoms with van der Waals surface area (Å²) in [5.74, 6) is 0.855. The SMILES string of the molecule is Cc1nc(=O)[nH]c(C)c1CCC(=O)N[C@H](c1ncnn1C)C(C)C. The Morgan fingerprint density at radius 2 is 2.08 bits per heavy atom. The van der Waals surface area contributed by atoms with E-state index in [9.17, 15) is 9.59 Å². The van der Waals surface area contributed by atoms with Gasteiger partial charge < -0.3 is 10.3 Å². The molecule has 0 spiro atoms. The maximum Gasteiger partial charge on any atom is 0.345 e. The van der Waals surface area contributed by atoms with Crippen LogP contribution in [0.1, 0.15) is 49.1 Å². The molecular formula is C16H24N6O2. The third-order valence-electron chi connectivity index (χ3n) is 4.06. The normalized spacial score (nSPS) is 12.4. The van der Waals surface area contributed by atoms with E-state index >= 15 is 0 Å². The lowest BCUT2D eigenvalue weighted by Gasteiger charge is -2.21. The standard InChI is InChI=1S/C16H24N6O2/c1-9(2)14(15-17-8-18-22(15)5)21-13(23)7-6-12-10(3)19-16(24)20-11(12)4/h8-9,14H,6-7H2,1-5H3,(H,21,23)(H,19,20,24)/t14-/m0/s1. The van der Waals surface area contributed by atoms with Crippen molar-refractivity contribution in [3.8, 4) is 0 Å². The number of aryl methyl sites for hydroxylation is 3. The molecule has 0 unspecified atom stereocenters. The maximum atomic E-state index is 12.4. The van der Waals surface area contributed by atoms with Crippen molar-refractivity contribution in [1.29, 1.82) is 0 Å². The molecule has 0 aromatic carbocycles. The van der Waals surface area contributed by atoms with E-state index in [4.69, 9.17) is 0 Å². The van der Waals surface area contributed by atoms with Crippen LogP contribution in [-0.4, -0.2) is 30.6 Å². The lowest BCUT2D eigenvalue weighted by atomic mass is 10.0. The lowest BCUT2D eigenvalue weighted by molar-refractivity contribution is -0.122. The largest absolute Gasteiger partial charge is 0.346 e. The number of nitrogens with zero attached hydrogens (tertiary/aromatic N) is 4. The molecule has 0 saturated heterocycles. The Bertz CT molecular complexity index is 751. The summed E-state index contributed by atoms with van der Waals surface area (Å²) in [7, 11) is 1.81. The molecule has 24 heavy (non-hydrogen) atoms. The van der Waals surface area contributed by atoms with Gasteiger partial charge in [0.25, 0.3) is 0 Å². The molecule has 2 aromatic heterocycles. The van der Waals surface area contributed by atoms with Gasteiger partial charge in [0, 0.05) is 24.9 Å². The topological polar surface area (TPSA) is 106 Å². The third-order valence-corrected chi connectivity index (χ3v) is 4.06. The fraction of sp³-hybridized carbons (Fsp3) is 0.562. The number of carbonyl (C=O) groups excluding carboxylic acids is 1. The van der Waals surface area contributed by atoms with Gasteiger partial charge in [0.05, 0.1) is 6.04 Å². The minimum absolute atomic E-state index is 0.0679. The van der Waals surface area contributed by atoms with Gasteiger partial charge in [-0.25, -0.2) is 9.78 Å². The van der Waals surface area contributed by atoms with Crippen molar-refractivity contribution in [3.05, 3.63) is 39.6 Å². The molecule has 0 saturated carbocycles. The van der Waals surface area contributed by atoms with Gasteiger partial charge in [0.2, 0.25) is 5.91 Å². The van der Waals surface area contributed by atoms with Crippen LogP contribution >= 0.6 is 0 Å². The van der Waals surface area contributed by atoms with Crippen LogP contribution in [0.3, 0.4) is 0 Å². The molecule has 2 heterocycles. The van der Waals surface area contributed by atoms with E-state index in [0.29, 0.717) is 18.5 Å². The number of rotatable bonds is 6. The highest BCUT2D eigenvalue weighted by Crippen LogP contribution is 2.19. The number of amides is 1. The van der Waals surface area contributed by atoms with Gasteiger partial charge in [0.1, 0.15) is 12.2 Å². The number of aromatic amines is 1. The zero-order chi connectivity index (χ0) is 17.9. The van der Waals surface area contributed by atoms with Crippen LogP contribution in [0.2, 0.25) is 0 Å². The molecule has 0 aliphatic carbocycles. The van der Waals surface area contributed by atoms with E-state index in [1.165, 1.54) is 6.33 Å². The molecule has 0 bridgehead atoms. The summed E-state index contributed by atoms with van der Waals surface area (Å²) in [6, 6.07) is -0.194. The average molecular weight is 332 g/mol. The summed E-state index contributed by atoms with van der Waals surface area (Å²) in [5, 5.41) is 7.09. The van der Waals surface area contributed by atoms with Crippen molar-refractivity contribution < 1.29 is 4.79 Å². The molecule has 0 aliphatic heterocycles. The van der Waals surface area contributed by atoms with Gasteiger partial charge in [0.15, 0.2) is 0 Å². The van der Waals surface area contributed by atoms with E-state index in [-0.39, 0.29) is 23.6 Å². The molecule has 0 radical (unpaired) electrons. The van der Waals surface area contributed by atoms with Gasteiger partial charge in [-0.15, -0.1) is 0 Å². The molecule has 0 fully saturated rings. The molecule has 2 rings (SSSR count). The summed E-state index contributed by atoms with van der Waals surface area (Å²) in [4.78, 5) is 34.5. The molecule has 130 valence electrons. The average Bonchev–Trinajstić information content (AvgIpc) is 2.89. The minimum Gasteiger partial charge on any atom is -0.346 e. The van der Waals surface area contributed by atoms with Crippen molar-refractivity contribution in [2.75, 3.05) is 0 Å². The molecule has 2 aromatic rings. The Labute approximate surface area is 140 Å².